The van der Waals surface area contributed by atoms with Gasteiger partial charge in [-0.25, -0.2) is 0 Å². The minimum absolute atomic E-state index is 0.0350. The largest absolute Gasteiger partial charge is 0.423 e. The lowest BCUT2D eigenvalue weighted by molar-refractivity contribution is -0.376. The van der Waals surface area contributed by atoms with Gasteiger partial charge < -0.3 is 10.2 Å². The molecule has 112 valence electrons. The third kappa shape index (κ3) is 1.88. The van der Waals surface area contributed by atoms with E-state index in [4.69, 9.17) is 0 Å². The molecule has 3 rings (SSSR count). The van der Waals surface area contributed by atoms with Gasteiger partial charge in [-0.1, -0.05) is 0 Å². The van der Waals surface area contributed by atoms with Crippen LogP contribution in [-0.2, 0) is 0 Å². The third-order valence-corrected chi connectivity index (χ3v) is 4.83. The summed E-state index contributed by atoms with van der Waals surface area (Å²) in [6, 6.07) is 0. The zero-order valence-electron chi connectivity index (χ0n) is 10.5. The van der Waals surface area contributed by atoms with Crippen LogP contribution in [0, 0.1) is 11.8 Å². The second-order valence-corrected chi connectivity index (χ2v) is 5.99. The maximum absolute atomic E-state index is 14.2. The Hall–Kier alpha value is -0.430. The Labute approximate surface area is 107 Å². The van der Waals surface area contributed by atoms with Crippen molar-refractivity contribution < 1.29 is 32.2 Å². The summed E-state index contributed by atoms with van der Waals surface area (Å²) in [5.74, 6) is -5.70. The van der Waals surface area contributed by atoms with Crippen molar-refractivity contribution in [3.63, 3.8) is 0 Å². The lowest BCUT2D eigenvalue weighted by Gasteiger charge is -2.54. The van der Waals surface area contributed by atoms with Crippen molar-refractivity contribution >= 4 is 0 Å². The molecule has 2 unspecified atom stereocenters. The van der Waals surface area contributed by atoms with E-state index in [2.05, 4.69) is 0 Å². The molecule has 0 amide bonds. The molecule has 3 aliphatic carbocycles. The Morgan fingerprint density at radius 3 is 1.79 bits per heavy atom. The van der Waals surface area contributed by atoms with Crippen molar-refractivity contribution in [3.8, 4) is 0 Å². The normalized spacial score (nSPS) is 39.2. The zero-order chi connectivity index (χ0) is 14.7. The molecular formula is C12H17F5O2. The number of rotatable bonds is 2. The molecule has 3 aliphatic rings. The summed E-state index contributed by atoms with van der Waals surface area (Å²) in [7, 11) is 0. The first-order chi connectivity index (χ1) is 8.43. The van der Waals surface area contributed by atoms with E-state index in [-0.39, 0.29) is 32.1 Å². The molecule has 7 heteroatoms. The minimum Gasteiger partial charge on any atom is -0.383 e. The van der Waals surface area contributed by atoms with Crippen LogP contribution >= 0.6 is 0 Å². The SMILES string of the molecule is CC(O)(C(F)(F)F)C(F)(F)C1(O)CC2CCC1CC2. The molecule has 0 saturated heterocycles. The number of alkyl halides is 5. The molecule has 0 aliphatic heterocycles. The van der Waals surface area contributed by atoms with Crippen LogP contribution in [0.3, 0.4) is 0 Å². The van der Waals surface area contributed by atoms with Crippen LogP contribution in [0.5, 0.6) is 0 Å². The molecule has 0 aromatic carbocycles. The van der Waals surface area contributed by atoms with Crippen molar-refractivity contribution in [1.82, 2.24) is 0 Å². The molecule has 2 nitrogen and oxygen atoms in total. The van der Waals surface area contributed by atoms with E-state index in [1.165, 1.54) is 0 Å². The van der Waals surface area contributed by atoms with Crippen molar-refractivity contribution in [2.75, 3.05) is 0 Å². The molecule has 0 radical (unpaired) electrons. The number of halogens is 5. The average molecular weight is 288 g/mol. The minimum atomic E-state index is -5.50. The van der Waals surface area contributed by atoms with Gasteiger partial charge in [-0.15, -0.1) is 0 Å². The summed E-state index contributed by atoms with van der Waals surface area (Å²) in [4.78, 5) is 0. The molecule has 19 heavy (non-hydrogen) atoms. The number of hydrogen-bond donors (Lipinski definition) is 2. The third-order valence-electron chi connectivity index (χ3n) is 4.83. The summed E-state index contributed by atoms with van der Waals surface area (Å²) in [5, 5.41) is 19.5. The summed E-state index contributed by atoms with van der Waals surface area (Å²) in [5.41, 5.74) is -7.00. The Kier molecular flexibility index (Phi) is 3.18. The van der Waals surface area contributed by atoms with Gasteiger partial charge in [-0.05, 0) is 50.9 Å². The van der Waals surface area contributed by atoms with Crippen molar-refractivity contribution in [3.05, 3.63) is 0 Å². The lowest BCUT2D eigenvalue weighted by atomic mass is 9.58. The van der Waals surface area contributed by atoms with Gasteiger partial charge in [-0.3, -0.25) is 0 Å². The van der Waals surface area contributed by atoms with Crippen LogP contribution in [0.15, 0.2) is 0 Å². The van der Waals surface area contributed by atoms with Crippen LogP contribution in [0.4, 0.5) is 22.0 Å². The molecule has 0 aromatic heterocycles. The van der Waals surface area contributed by atoms with Gasteiger partial charge in [0.05, 0.1) is 0 Å². The van der Waals surface area contributed by atoms with Crippen LogP contribution < -0.4 is 0 Å². The van der Waals surface area contributed by atoms with Gasteiger partial charge >= 0.3 is 12.1 Å². The zero-order valence-corrected chi connectivity index (χ0v) is 10.5. The van der Waals surface area contributed by atoms with Gasteiger partial charge in [0.1, 0.15) is 5.60 Å². The fraction of sp³-hybridized carbons (Fsp3) is 1.00. The summed E-state index contributed by atoms with van der Waals surface area (Å²) >= 11 is 0. The predicted octanol–water partition coefficient (Wildman–Crippen LogP) is 2.88. The lowest BCUT2D eigenvalue weighted by Crippen LogP contribution is -2.71. The molecule has 2 N–H and O–H groups in total. The highest BCUT2D eigenvalue weighted by Crippen LogP contribution is 2.58. The highest BCUT2D eigenvalue weighted by atomic mass is 19.4. The molecule has 3 fully saturated rings. The predicted molar refractivity (Wildman–Crippen MR) is 56.6 cm³/mol. The van der Waals surface area contributed by atoms with E-state index in [9.17, 15) is 32.2 Å². The van der Waals surface area contributed by atoms with E-state index >= 15 is 0 Å². The first-order valence-electron chi connectivity index (χ1n) is 6.33. The summed E-state index contributed by atoms with van der Waals surface area (Å²) in [6.45, 7) is 0.0350. The smallest absolute Gasteiger partial charge is 0.383 e. The van der Waals surface area contributed by atoms with Crippen molar-refractivity contribution in [1.29, 1.82) is 0 Å². The second kappa shape index (κ2) is 4.04. The Bertz CT molecular complexity index is 358. The first-order valence-corrected chi connectivity index (χ1v) is 6.33. The van der Waals surface area contributed by atoms with Gasteiger partial charge in [0.25, 0.3) is 0 Å². The molecule has 0 heterocycles. The molecule has 2 bridgehead atoms. The van der Waals surface area contributed by atoms with E-state index < -0.39 is 29.2 Å². The van der Waals surface area contributed by atoms with Crippen LogP contribution in [0.25, 0.3) is 0 Å². The summed E-state index contributed by atoms with van der Waals surface area (Å²) < 4.78 is 66.4. The number of aliphatic hydroxyl groups is 2. The number of fused-ring (bicyclic) bond motifs is 3. The average Bonchev–Trinajstić information content (AvgIpc) is 2.28. The Morgan fingerprint density at radius 1 is 1.00 bits per heavy atom. The monoisotopic (exact) mass is 288 g/mol. The van der Waals surface area contributed by atoms with Crippen molar-refractivity contribution in [2.45, 2.75) is 62.3 Å². The van der Waals surface area contributed by atoms with Crippen molar-refractivity contribution in [2.24, 2.45) is 11.8 Å². The van der Waals surface area contributed by atoms with Gasteiger partial charge in [-0.2, -0.15) is 22.0 Å². The van der Waals surface area contributed by atoms with E-state index in [0.29, 0.717) is 12.8 Å². The molecule has 0 spiro atoms. The fourth-order valence-electron chi connectivity index (χ4n) is 3.43. The first kappa shape index (κ1) is 15.0. The fourth-order valence-corrected chi connectivity index (χ4v) is 3.43. The highest BCUT2D eigenvalue weighted by Gasteiger charge is 2.75. The van der Waals surface area contributed by atoms with Gasteiger partial charge in [0.15, 0.2) is 0 Å². The van der Waals surface area contributed by atoms with Crippen LogP contribution in [0.1, 0.15) is 39.0 Å². The Morgan fingerprint density at radius 2 is 1.47 bits per heavy atom. The maximum Gasteiger partial charge on any atom is 0.423 e. The van der Waals surface area contributed by atoms with E-state index in [1.807, 2.05) is 0 Å². The van der Waals surface area contributed by atoms with Crippen LogP contribution in [-0.4, -0.2) is 33.5 Å². The maximum atomic E-state index is 14.2. The topological polar surface area (TPSA) is 40.5 Å². The molecule has 2 atom stereocenters. The number of hydrogen-bond acceptors (Lipinski definition) is 2. The van der Waals surface area contributed by atoms with Crippen LogP contribution in [0.2, 0.25) is 0 Å². The molecular weight excluding hydrogens is 271 g/mol. The summed E-state index contributed by atoms with van der Waals surface area (Å²) in [6.07, 6.45) is -4.01. The van der Waals surface area contributed by atoms with E-state index in [0.717, 1.165) is 0 Å². The Balaban J connectivity index is 2.39. The molecule has 0 aromatic rings. The molecule has 3 saturated carbocycles. The van der Waals surface area contributed by atoms with E-state index in [1.54, 1.807) is 0 Å². The second-order valence-electron chi connectivity index (χ2n) is 5.99. The highest BCUT2D eigenvalue weighted by molar-refractivity contribution is 5.13. The quantitative estimate of drug-likeness (QED) is 0.767. The van der Waals surface area contributed by atoms with Gasteiger partial charge in [0.2, 0.25) is 5.60 Å². The standard InChI is InChI=1S/C12H17F5O2/c1-9(18,12(15,16)17)11(13,14)10(19)6-7-2-4-8(10)5-3-7/h7-8,18-19H,2-6H2,1H3. The van der Waals surface area contributed by atoms with Gasteiger partial charge in [0, 0.05) is 0 Å².